The fourth-order valence-electron chi connectivity index (χ4n) is 3.30. The molecule has 1 aliphatic carbocycles. The van der Waals surface area contributed by atoms with E-state index in [9.17, 15) is 4.79 Å². The molecule has 0 bridgehead atoms. The smallest absolute Gasteiger partial charge is 0.231 e. The molecular formula is C19H28N4O3. The zero-order valence-corrected chi connectivity index (χ0v) is 15.3. The van der Waals surface area contributed by atoms with Gasteiger partial charge in [-0.25, -0.2) is 0 Å². The Bertz CT molecular complexity index is 642. The quantitative estimate of drug-likeness (QED) is 0.533. The van der Waals surface area contributed by atoms with Gasteiger partial charge in [-0.2, -0.15) is 0 Å². The molecule has 0 radical (unpaired) electrons. The van der Waals surface area contributed by atoms with Crippen LogP contribution in [-0.2, 0) is 11.3 Å². The lowest BCUT2D eigenvalue weighted by Crippen LogP contribution is -2.41. The van der Waals surface area contributed by atoms with E-state index < -0.39 is 0 Å². The standard InChI is InChI=1S/C19H28N4O3/c1-20-19(21-10-9-18(24)23-15-5-3-2-4-6-15)22-12-14-7-8-16-17(11-14)26-13-25-16/h7-8,11,15H,2-6,9-10,12-13H2,1H3,(H,23,24)(H2,20,21,22). The highest BCUT2D eigenvalue weighted by atomic mass is 16.7. The third kappa shape index (κ3) is 5.28. The molecule has 1 aliphatic heterocycles. The van der Waals surface area contributed by atoms with Gasteiger partial charge in [0.2, 0.25) is 12.7 Å². The average molecular weight is 360 g/mol. The molecule has 3 rings (SSSR count). The summed E-state index contributed by atoms with van der Waals surface area (Å²) in [5.41, 5.74) is 1.08. The molecule has 1 saturated carbocycles. The summed E-state index contributed by atoms with van der Waals surface area (Å²) in [6.45, 7) is 1.45. The largest absolute Gasteiger partial charge is 0.454 e. The summed E-state index contributed by atoms with van der Waals surface area (Å²) in [6, 6.07) is 6.22. The monoisotopic (exact) mass is 360 g/mol. The molecule has 0 aromatic heterocycles. The molecule has 1 heterocycles. The average Bonchev–Trinajstić information content (AvgIpc) is 3.13. The minimum absolute atomic E-state index is 0.107. The Morgan fingerprint density at radius 2 is 1.96 bits per heavy atom. The van der Waals surface area contributed by atoms with E-state index in [0.717, 1.165) is 29.9 Å². The van der Waals surface area contributed by atoms with Crippen molar-refractivity contribution in [3.05, 3.63) is 23.8 Å². The number of aliphatic imine (C=N–C) groups is 1. The second kappa shape index (κ2) is 9.31. The molecule has 0 atom stereocenters. The van der Waals surface area contributed by atoms with Crippen LogP contribution in [0.25, 0.3) is 0 Å². The van der Waals surface area contributed by atoms with Crippen LogP contribution >= 0.6 is 0 Å². The Labute approximate surface area is 154 Å². The highest BCUT2D eigenvalue weighted by molar-refractivity contribution is 5.81. The van der Waals surface area contributed by atoms with Gasteiger partial charge in [0, 0.05) is 32.6 Å². The van der Waals surface area contributed by atoms with E-state index in [4.69, 9.17) is 9.47 Å². The van der Waals surface area contributed by atoms with E-state index in [0.29, 0.717) is 31.5 Å². The zero-order valence-electron chi connectivity index (χ0n) is 15.3. The number of rotatable bonds is 6. The summed E-state index contributed by atoms with van der Waals surface area (Å²) in [5.74, 6) is 2.33. The molecule has 7 nitrogen and oxygen atoms in total. The fourth-order valence-corrected chi connectivity index (χ4v) is 3.30. The normalized spacial score (nSPS) is 17.0. The Hall–Kier alpha value is -2.44. The van der Waals surface area contributed by atoms with E-state index in [2.05, 4.69) is 20.9 Å². The summed E-state index contributed by atoms with van der Waals surface area (Å²) in [5, 5.41) is 9.55. The predicted octanol–water partition coefficient (Wildman–Crippen LogP) is 1.92. The summed E-state index contributed by atoms with van der Waals surface area (Å²) in [6.07, 6.45) is 6.40. The van der Waals surface area contributed by atoms with Gasteiger partial charge in [0.25, 0.3) is 0 Å². The molecule has 3 N–H and O–H groups in total. The van der Waals surface area contributed by atoms with Crippen LogP contribution in [0.15, 0.2) is 23.2 Å². The zero-order chi connectivity index (χ0) is 18.2. The number of hydrogen-bond acceptors (Lipinski definition) is 4. The summed E-state index contributed by atoms with van der Waals surface area (Å²) in [4.78, 5) is 16.2. The minimum Gasteiger partial charge on any atom is -0.454 e. The summed E-state index contributed by atoms with van der Waals surface area (Å²) in [7, 11) is 1.72. The maximum absolute atomic E-state index is 12.0. The lowest BCUT2D eigenvalue weighted by Gasteiger charge is -2.22. The van der Waals surface area contributed by atoms with E-state index in [1.165, 1.54) is 19.3 Å². The number of guanidine groups is 1. The summed E-state index contributed by atoms with van der Waals surface area (Å²) >= 11 is 0. The van der Waals surface area contributed by atoms with E-state index in [1.54, 1.807) is 7.05 Å². The molecule has 1 amide bonds. The second-order valence-electron chi connectivity index (χ2n) is 6.69. The summed E-state index contributed by atoms with van der Waals surface area (Å²) < 4.78 is 10.7. The van der Waals surface area contributed by atoms with Crippen molar-refractivity contribution < 1.29 is 14.3 Å². The molecule has 7 heteroatoms. The van der Waals surface area contributed by atoms with Crippen molar-refractivity contribution in [2.24, 2.45) is 4.99 Å². The Balaban J connectivity index is 1.36. The first-order valence-corrected chi connectivity index (χ1v) is 9.37. The third-order valence-electron chi connectivity index (χ3n) is 4.74. The lowest BCUT2D eigenvalue weighted by molar-refractivity contribution is -0.121. The lowest BCUT2D eigenvalue weighted by atomic mass is 9.95. The van der Waals surface area contributed by atoms with Crippen molar-refractivity contribution >= 4 is 11.9 Å². The number of nitrogens with one attached hydrogen (secondary N) is 3. The topological polar surface area (TPSA) is 84.0 Å². The minimum atomic E-state index is 0.107. The molecule has 0 unspecified atom stereocenters. The maximum Gasteiger partial charge on any atom is 0.231 e. The molecular weight excluding hydrogens is 332 g/mol. The first kappa shape index (κ1) is 18.4. The van der Waals surface area contributed by atoms with Crippen LogP contribution in [0.5, 0.6) is 11.5 Å². The fraction of sp³-hybridized carbons (Fsp3) is 0.579. The van der Waals surface area contributed by atoms with Gasteiger partial charge in [0.15, 0.2) is 17.5 Å². The third-order valence-corrected chi connectivity index (χ3v) is 4.74. The number of carbonyl (C=O) groups is 1. The van der Waals surface area contributed by atoms with Crippen LogP contribution in [0.4, 0.5) is 0 Å². The van der Waals surface area contributed by atoms with Gasteiger partial charge in [0.1, 0.15) is 0 Å². The Morgan fingerprint density at radius 3 is 2.77 bits per heavy atom. The number of ether oxygens (including phenoxy) is 2. The van der Waals surface area contributed by atoms with Gasteiger partial charge in [0.05, 0.1) is 0 Å². The van der Waals surface area contributed by atoms with Crippen molar-refractivity contribution in [1.82, 2.24) is 16.0 Å². The highest BCUT2D eigenvalue weighted by Crippen LogP contribution is 2.32. The van der Waals surface area contributed by atoms with Crippen LogP contribution in [-0.4, -0.2) is 38.3 Å². The van der Waals surface area contributed by atoms with Crippen molar-refractivity contribution in [2.45, 2.75) is 51.1 Å². The number of fused-ring (bicyclic) bond motifs is 1. The first-order valence-electron chi connectivity index (χ1n) is 9.37. The van der Waals surface area contributed by atoms with Crippen LogP contribution in [0.3, 0.4) is 0 Å². The van der Waals surface area contributed by atoms with Gasteiger partial charge in [-0.15, -0.1) is 0 Å². The Morgan fingerprint density at radius 1 is 1.15 bits per heavy atom. The van der Waals surface area contributed by atoms with Gasteiger partial charge in [-0.1, -0.05) is 25.3 Å². The van der Waals surface area contributed by atoms with Gasteiger partial charge < -0.3 is 25.4 Å². The molecule has 0 saturated heterocycles. The number of amides is 1. The van der Waals surface area contributed by atoms with Gasteiger partial charge in [-0.3, -0.25) is 9.79 Å². The first-order chi connectivity index (χ1) is 12.7. The van der Waals surface area contributed by atoms with Crippen molar-refractivity contribution in [2.75, 3.05) is 20.4 Å². The molecule has 2 aliphatic rings. The molecule has 1 aromatic carbocycles. The van der Waals surface area contributed by atoms with E-state index in [1.807, 2.05) is 18.2 Å². The van der Waals surface area contributed by atoms with E-state index in [-0.39, 0.29) is 12.7 Å². The maximum atomic E-state index is 12.0. The van der Waals surface area contributed by atoms with Crippen molar-refractivity contribution in [3.8, 4) is 11.5 Å². The number of carbonyl (C=O) groups excluding carboxylic acids is 1. The van der Waals surface area contributed by atoms with Gasteiger partial charge >= 0.3 is 0 Å². The molecule has 0 spiro atoms. The molecule has 1 aromatic rings. The Kier molecular flexibility index (Phi) is 6.57. The molecule has 142 valence electrons. The second-order valence-corrected chi connectivity index (χ2v) is 6.69. The van der Waals surface area contributed by atoms with Crippen molar-refractivity contribution in [3.63, 3.8) is 0 Å². The predicted molar refractivity (Wildman–Crippen MR) is 100 cm³/mol. The number of benzene rings is 1. The number of hydrogen-bond donors (Lipinski definition) is 3. The van der Waals surface area contributed by atoms with Crippen LogP contribution in [0.2, 0.25) is 0 Å². The van der Waals surface area contributed by atoms with Crippen LogP contribution in [0.1, 0.15) is 44.1 Å². The SMILES string of the molecule is CN=C(NCCC(=O)NC1CCCCC1)NCc1ccc2c(c1)OCO2. The molecule has 1 fully saturated rings. The number of nitrogens with zero attached hydrogens (tertiary/aromatic N) is 1. The van der Waals surface area contributed by atoms with Crippen LogP contribution in [0, 0.1) is 0 Å². The molecule has 26 heavy (non-hydrogen) atoms. The van der Waals surface area contributed by atoms with Crippen molar-refractivity contribution in [1.29, 1.82) is 0 Å². The van der Waals surface area contributed by atoms with Crippen LogP contribution < -0.4 is 25.4 Å². The van der Waals surface area contributed by atoms with Gasteiger partial charge in [-0.05, 0) is 30.5 Å². The van der Waals surface area contributed by atoms with E-state index >= 15 is 0 Å². The highest BCUT2D eigenvalue weighted by Gasteiger charge is 2.15.